The summed E-state index contributed by atoms with van der Waals surface area (Å²) >= 11 is 6.14. The molecule has 1 aromatic rings. The third-order valence-electron chi connectivity index (χ3n) is 2.72. The molecule has 0 saturated heterocycles. The molecule has 0 spiro atoms. The topological polar surface area (TPSA) is 37.4 Å². The van der Waals surface area contributed by atoms with Crippen molar-refractivity contribution in [2.45, 2.75) is 20.4 Å². The summed E-state index contributed by atoms with van der Waals surface area (Å²) in [7, 11) is 3.61. The first-order valence-corrected chi connectivity index (χ1v) is 7.00. The number of ether oxygens (including phenoxy) is 1. The van der Waals surface area contributed by atoms with Crippen molar-refractivity contribution in [3.8, 4) is 0 Å². The Morgan fingerprint density at radius 3 is 2.74 bits per heavy atom. The quantitative estimate of drug-likeness (QED) is 0.797. The van der Waals surface area contributed by atoms with Gasteiger partial charge in [-0.3, -0.25) is 0 Å². The fraction of sp³-hybridized carbons (Fsp3) is 0.643. The molecule has 1 heterocycles. The van der Waals surface area contributed by atoms with E-state index in [0.717, 1.165) is 24.6 Å². The fourth-order valence-electron chi connectivity index (χ4n) is 1.88. The molecule has 108 valence electrons. The van der Waals surface area contributed by atoms with Crippen LogP contribution in [0.4, 0.5) is 5.82 Å². The van der Waals surface area contributed by atoms with Crippen LogP contribution in [-0.4, -0.2) is 38.8 Å². The Bertz CT molecular complexity index is 385. The molecule has 1 rings (SSSR count). The minimum atomic E-state index is 0.571. The first-order chi connectivity index (χ1) is 9.08. The largest absolute Gasteiger partial charge is 0.383 e. The molecule has 4 nitrogen and oxygen atoms in total. The molecule has 0 aliphatic carbocycles. The molecule has 0 aliphatic rings. The molecule has 0 unspecified atom stereocenters. The third kappa shape index (κ3) is 5.35. The molecule has 0 aromatic carbocycles. The van der Waals surface area contributed by atoms with E-state index in [9.17, 15) is 0 Å². The molecule has 0 bridgehead atoms. The van der Waals surface area contributed by atoms with Crippen molar-refractivity contribution in [1.29, 1.82) is 0 Å². The van der Waals surface area contributed by atoms with Crippen LogP contribution < -0.4 is 10.2 Å². The number of aromatic nitrogens is 1. The average Bonchev–Trinajstić information content (AvgIpc) is 2.37. The molecular formula is C14H24ClN3O. The summed E-state index contributed by atoms with van der Waals surface area (Å²) in [5, 5.41) is 3.79. The Morgan fingerprint density at radius 1 is 1.42 bits per heavy atom. The van der Waals surface area contributed by atoms with E-state index in [4.69, 9.17) is 16.3 Å². The Morgan fingerprint density at radius 2 is 2.16 bits per heavy atom. The molecule has 5 heteroatoms. The van der Waals surface area contributed by atoms with Crippen molar-refractivity contribution in [2.24, 2.45) is 5.92 Å². The molecule has 0 saturated carbocycles. The maximum absolute atomic E-state index is 6.14. The summed E-state index contributed by atoms with van der Waals surface area (Å²) in [5.74, 6) is 1.53. The molecule has 0 aliphatic heterocycles. The number of methoxy groups -OCH3 is 1. The fourth-order valence-corrected chi connectivity index (χ4v) is 2.05. The number of nitrogens with zero attached hydrogens (tertiary/aromatic N) is 2. The van der Waals surface area contributed by atoms with Gasteiger partial charge in [-0.25, -0.2) is 4.98 Å². The van der Waals surface area contributed by atoms with Gasteiger partial charge in [-0.1, -0.05) is 25.4 Å². The second kappa shape index (κ2) is 8.35. The number of halogens is 1. The normalized spacial score (nSPS) is 11.1. The lowest BCUT2D eigenvalue weighted by molar-refractivity contribution is 0.204. The highest BCUT2D eigenvalue weighted by Gasteiger charge is 2.12. The number of pyridine rings is 1. The maximum Gasteiger partial charge on any atom is 0.129 e. The second-order valence-corrected chi connectivity index (χ2v) is 5.37. The van der Waals surface area contributed by atoms with Crippen molar-refractivity contribution < 1.29 is 4.74 Å². The highest BCUT2D eigenvalue weighted by Crippen LogP contribution is 2.20. The van der Waals surface area contributed by atoms with E-state index in [0.29, 0.717) is 24.1 Å². The van der Waals surface area contributed by atoms with E-state index >= 15 is 0 Å². The average molecular weight is 286 g/mol. The van der Waals surface area contributed by atoms with Crippen molar-refractivity contribution in [3.63, 3.8) is 0 Å². The van der Waals surface area contributed by atoms with E-state index in [1.165, 1.54) is 0 Å². The number of hydrogen-bond donors (Lipinski definition) is 1. The molecular weight excluding hydrogens is 262 g/mol. The summed E-state index contributed by atoms with van der Waals surface area (Å²) in [6.07, 6.45) is 0. The molecule has 0 atom stereocenters. The Balaban J connectivity index is 2.90. The smallest absolute Gasteiger partial charge is 0.129 e. The van der Waals surface area contributed by atoms with E-state index in [-0.39, 0.29) is 0 Å². The van der Waals surface area contributed by atoms with Gasteiger partial charge in [0, 0.05) is 26.7 Å². The van der Waals surface area contributed by atoms with Crippen molar-refractivity contribution >= 4 is 17.4 Å². The van der Waals surface area contributed by atoms with Gasteiger partial charge in [-0.15, -0.1) is 0 Å². The highest BCUT2D eigenvalue weighted by molar-refractivity contribution is 6.31. The standard InChI is InChI=1S/C14H24ClN3O/c1-11(2)10-18(7-8-19-4)14-6-5-12(15)13(17-14)9-16-3/h5-6,11,16H,7-10H2,1-4H3. The minimum absolute atomic E-state index is 0.571. The second-order valence-electron chi connectivity index (χ2n) is 4.96. The lowest BCUT2D eigenvalue weighted by atomic mass is 10.2. The lowest BCUT2D eigenvalue weighted by Gasteiger charge is -2.26. The van der Waals surface area contributed by atoms with Gasteiger partial charge in [-0.05, 0) is 25.1 Å². The van der Waals surface area contributed by atoms with E-state index in [1.807, 2.05) is 19.2 Å². The van der Waals surface area contributed by atoms with Gasteiger partial charge in [0.1, 0.15) is 5.82 Å². The van der Waals surface area contributed by atoms with Gasteiger partial charge in [0.15, 0.2) is 0 Å². The van der Waals surface area contributed by atoms with Gasteiger partial charge in [0.2, 0.25) is 0 Å². The van der Waals surface area contributed by atoms with Crippen LogP contribution in [0.25, 0.3) is 0 Å². The van der Waals surface area contributed by atoms with Gasteiger partial charge >= 0.3 is 0 Å². The first kappa shape index (κ1) is 16.2. The van der Waals surface area contributed by atoms with Crippen LogP contribution in [0.3, 0.4) is 0 Å². The molecule has 1 aromatic heterocycles. The van der Waals surface area contributed by atoms with Crippen LogP contribution in [0.5, 0.6) is 0 Å². The van der Waals surface area contributed by atoms with Crippen LogP contribution >= 0.6 is 11.6 Å². The van der Waals surface area contributed by atoms with Crippen LogP contribution in [0, 0.1) is 5.92 Å². The zero-order valence-electron chi connectivity index (χ0n) is 12.2. The predicted molar refractivity (Wildman–Crippen MR) is 80.9 cm³/mol. The third-order valence-corrected chi connectivity index (χ3v) is 3.07. The Hall–Kier alpha value is -0.840. The van der Waals surface area contributed by atoms with Crippen molar-refractivity contribution in [2.75, 3.05) is 38.8 Å². The predicted octanol–water partition coefficient (Wildman–Crippen LogP) is 2.56. The van der Waals surface area contributed by atoms with Gasteiger partial charge in [0.25, 0.3) is 0 Å². The number of rotatable bonds is 8. The number of nitrogens with one attached hydrogen (secondary N) is 1. The monoisotopic (exact) mass is 285 g/mol. The maximum atomic E-state index is 6.14. The van der Waals surface area contributed by atoms with Crippen LogP contribution in [0.2, 0.25) is 5.02 Å². The summed E-state index contributed by atoms with van der Waals surface area (Å²) in [6, 6.07) is 3.89. The number of anilines is 1. The van der Waals surface area contributed by atoms with E-state index < -0.39 is 0 Å². The van der Waals surface area contributed by atoms with Crippen LogP contribution in [0.15, 0.2) is 12.1 Å². The summed E-state index contributed by atoms with van der Waals surface area (Å²) in [5.41, 5.74) is 0.882. The first-order valence-electron chi connectivity index (χ1n) is 6.62. The lowest BCUT2D eigenvalue weighted by Crippen LogP contribution is -2.32. The van der Waals surface area contributed by atoms with Crippen LogP contribution in [-0.2, 0) is 11.3 Å². The van der Waals surface area contributed by atoms with Gasteiger partial charge < -0.3 is 15.0 Å². The minimum Gasteiger partial charge on any atom is -0.383 e. The summed E-state index contributed by atoms with van der Waals surface area (Å²) in [6.45, 7) is 7.55. The molecule has 0 fully saturated rings. The molecule has 0 radical (unpaired) electrons. The number of hydrogen-bond acceptors (Lipinski definition) is 4. The molecule has 19 heavy (non-hydrogen) atoms. The Labute approximate surface area is 121 Å². The zero-order valence-corrected chi connectivity index (χ0v) is 13.0. The summed E-state index contributed by atoms with van der Waals surface area (Å²) < 4.78 is 5.17. The van der Waals surface area contributed by atoms with Crippen molar-refractivity contribution in [3.05, 3.63) is 22.8 Å². The van der Waals surface area contributed by atoms with Gasteiger partial charge in [-0.2, -0.15) is 0 Å². The molecule has 1 N–H and O–H groups in total. The highest BCUT2D eigenvalue weighted by atomic mass is 35.5. The van der Waals surface area contributed by atoms with E-state index in [2.05, 4.69) is 29.0 Å². The Kier molecular flexibility index (Phi) is 7.13. The van der Waals surface area contributed by atoms with Crippen LogP contribution in [0.1, 0.15) is 19.5 Å². The van der Waals surface area contributed by atoms with Gasteiger partial charge in [0.05, 0.1) is 17.3 Å². The SMILES string of the molecule is CNCc1nc(N(CCOC)CC(C)C)ccc1Cl. The zero-order chi connectivity index (χ0) is 14.3. The summed E-state index contributed by atoms with van der Waals surface area (Å²) in [4.78, 5) is 6.88. The van der Waals surface area contributed by atoms with E-state index in [1.54, 1.807) is 7.11 Å². The van der Waals surface area contributed by atoms with Crippen molar-refractivity contribution in [1.82, 2.24) is 10.3 Å². The molecule has 0 amide bonds.